The van der Waals surface area contributed by atoms with Crippen molar-refractivity contribution >= 4 is 19.8 Å². The molecule has 0 bridgehead atoms. The Labute approximate surface area is 483 Å². The Morgan fingerprint density at radius 3 is 1.13 bits per heavy atom. The van der Waals surface area contributed by atoms with E-state index in [1.54, 1.807) is 0 Å². The minimum Gasteiger partial charge on any atom is -0.756 e. The van der Waals surface area contributed by atoms with Gasteiger partial charge in [-0.2, -0.15) is 0 Å². The highest BCUT2D eigenvalue weighted by atomic mass is 31.2. The number of carbonyl (C=O) groups is 2. The number of esters is 2. The normalized spacial score (nSPS) is 13.6. The molecule has 0 heterocycles. The van der Waals surface area contributed by atoms with Gasteiger partial charge in [0.1, 0.15) is 19.8 Å². The Morgan fingerprint density at radius 2 is 0.731 bits per heavy atom. The Morgan fingerprint density at radius 1 is 0.410 bits per heavy atom. The van der Waals surface area contributed by atoms with Gasteiger partial charge in [-0.05, 0) is 77.0 Å². The van der Waals surface area contributed by atoms with Crippen molar-refractivity contribution < 1.29 is 42.1 Å². The molecule has 0 N–H and O–H groups in total. The third kappa shape index (κ3) is 62.9. The number of rotatable bonds is 61. The lowest BCUT2D eigenvalue weighted by Gasteiger charge is -2.28. The van der Waals surface area contributed by atoms with Crippen LogP contribution in [-0.4, -0.2) is 70.0 Å². The number of hydrogen-bond donors (Lipinski definition) is 0. The van der Waals surface area contributed by atoms with Gasteiger partial charge in [0.15, 0.2) is 6.10 Å². The number of likely N-dealkylation sites (N-methyl/N-ethyl adjacent to an activating group) is 1. The van der Waals surface area contributed by atoms with Crippen LogP contribution in [0.15, 0.2) is 60.8 Å². The van der Waals surface area contributed by atoms with Crippen LogP contribution in [-0.2, 0) is 32.7 Å². The van der Waals surface area contributed by atoms with E-state index in [0.717, 1.165) is 57.8 Å². The van der Waals surface area contributed by atoms with E-state index in [-0.39, 0.29) is 32.0 Å². The number of allylic oxidation sites excluding steroid dienone is 10. The number of quaternary nitrogens is 1. The van der Waals surface area contributed by atoms with E-state index < -0.39 is 26.5 Å². The second-order valence-electron chi connectivity index (χ2n) is 23.5. The van der Waals surface area contributed by atoms with Crippen LogP contribution < -0.4 is 4.89 Å². The molecule has 0 aromatic heterocycles. The topological polar surface area (TPSA) is 111 Å². The Kier molecular flexibility index (Phi) is 57.6. The number of nitrogens with zero attached hydrogens (tertiary/aromatic N) is 1. The molecular formula is C68H126NO8P. The van der Waals surface area contributed by atoms with Crippen LogP contribution in [0.25, 0.3) is 0 Å². The molecule has 78 heavy (non-hydrogen) atoms. The summed E-state index contributed by atoms with van der Waals surface area (Å²) in [6.07, 6.45) is 77.7. The molecule has 0 aliphatic heterocycles. The zero-order valence-electron chi connectivity index (χ0n) is 51.9. The SMILES string of the molecule is CC/C=C\C/C=C\C/C=C\C/C=C\CCCCC(=O)OC(COC(=O)CCCCCCCCCCCCCCCCCCCCCCCCCCCCC/C=C\CCCCCCCCCC)COP(=O)([O-])OCC[N+](C)(C)C. The Hall–Kier alpha value is -2.29. The quantitative estimate of drug-likeness (QED) is 0.0195. The summed E-state index contributed by atoms with van der Waals surface area (Å²) in [5.41, 5.74) is 0. The third-order valence-electron chi connectivity index (χ3n) is 14.5. The zero-order chi connectivity index (χ0) is 57.0. The van der Waals surface area contributed by atoms with E-state index in [4.69, 9.17) is 18.5 Å². The van der Waals surface area contributed by atoms with Crippen molar-refractivity contribution in [3.63, 3.8) is 0 Å². The van der Waals surface area contributed by atoms with Crippen molar-refractivity contribution in [3.8, 4) is 0 Å². The summed E-state index contributed by atoms with van der Waals surface area (Å²) in [4.78, 5) is 37.8. The number of phosphoric acid groups is 1. The number of carbonyl (C=O) groups excluding carboxylic acids is 2. The third-order valence-corrected chi connectivity index (χ3v) is 15.5. The smallest absolute Gasteiger partial charge is 0.306 e. The predicted molar refractivity (Wildman–Crippen MR) is 333 cm³/mol. The maximum Gasteiger partial charge on any atom is 0.306 e. The van der Waals surface area contributed by atoms with Crippen molar-refractivity contribution in [1.29, 1.82) is 0 Å². The fraction of sp³-hybridized carbons (Fsp3) is 0.824. The van der Waals surface area contributed by atoms with Crippen LogP contribution in [0.5, 0.6) is 0 Å². The molecule has 456 valence electrons. The highest BCUT2D eigenvalue weighted by Crippen LogP contribution is 2.38. The van der Waals surface area contributed by atoms with Gasteiger partial charge in [-0.15, -0.1) is 0 Å². The summed E-state index contributed by atoms with van der Waals surface area (Å²) in [7, 11) is 1.14. The number of hydrogen-bond acceptors (Lipinski definition) is 8. The molecular weight excluding hydrogens is 990 g/mol. The molecule has 0 rings (SSSR count). The highest BCUT2D eigenvalue weighted by molar-refractivity contribution is 7.45. The number of unbranched alkanes of at least 4 members (excludes halogenated alkanes) is 37. The summed E-state index contributed by atoms with van der Waals surface area (Å²) < 4.78 is 34.1. The van der Waals surface area contributed by atoms with Crippen LogP contribution in [0.4, 0.5) is 0 Å². The molecule has 0 fully saturated rings. The van der Waals surface area contributed by atoms with Gasteiger partial charge in [-0.3, -0.25) is 14.2 Å². The molecule has 2 atom stereocenters. The van der Waals surface area contributed by atoms with Crippen molar-refractivity contribution in [3.05, 3.63) is 60.8 Å². The largest absolute Gasteiger partial charge is 0.756 e. The maximum absolute atomic E-state index is 12.7. The molecule has 0 radical (unpaired) electrons. The average molecular weight is 1120 g/mol. The molecule has 0 saturated heterocycles. The second-order valence-corrected chi connectivity index (χ2v) is 24.9. The summed E-state index contributed by atoms with van der Waals surface area (Å²) >= 11 is 0. The van der Waals surface area contributed by atoms with E-state index in [9.17, 15) is 19.0 Å². The van der Waals surface area contributed by atoms with E-state index in [2.05, 4.69) is 74.6 Å². The summed E-state index contributed by atoms with van der Waals surface area (Å²) in [5.74, 6) is -0.873. The first-order valence-corrected chi connectivity index (χ1v) is 34.5. The van der Waals surface area contributed by atoms with Gasteiger partial charge in [0.2, 0.25) is 0 Å². The van der Waals surface area contributed by atoms with E-state index in [1.807, 2.05) is 21.1 Å². The fourth-order valence-corrected chi connectivity index (χ4v) is 10.2. The van der Waals surface area contributed by atoms with Crippen LogP contribution in [0.3, 0.4) is 0 Å². The second kappa shape index (κ2) is 59.3. The summed E-state index contributed by atoms with van der Waals surface area (Å²) in [6.45, 7) is 4.10. The van der Waals surface area contributed by atoms with Crippen molar-refractivity contribution in [2.24, 2.45) is 0 Å². The van der Waals surface area contributed by atoms with Gasteiger partial charge in [0.05, 0.1) is 27.7 Å². The zero-order valence-corrected chi connectivity index (χ0v) is 52.8. The van der Waals surface area contributed by atoms with Crippen LogP contribution in [0.1, 0.15) is 309 Å². The summed E-state index contributed by atoms with van der Waals surface area (Å²) in [5, 5.41) is 0. The van der Waals surface area contributed by atoms with Crippen molar-refractivity contribution in [2.75, 3.05) is 47.5 Å². The van der Waals surface area contributed by atoms with Gasteiger partial charge < -0.3 is 27.9 Å². The minimum atomic E-state index is -4.65. The van der Waals surface area contributed by atoms with Gasteiger partial charge in [-0.1, -0.05) is 280 Å². The van der Waals surface area contributed by atoms with Gasteiger partial charge >= 0.3 is 11.9 Å². The predicted octanol–water partition coefficient (Wildman–Crippen LogP) is 20.4. The average Bonchev–Trinajstić information content (AvgIpc) is 3.41. The standard InChI is InChI=1S/C68H126NO8P/c1-6-8-10-12-14-16-18-20-22-23-24-25-26-27-28-29-30-31-32-33-34-35-36-37-38-39-40-41-42-43-44-45-47-48-50-52-54-56-58-60-67(70)74-64-66(65-76-78(72,73)75-63-62-69(3,4)5)77-68(71)61-59-57-55-53-51-49-46-21-19-17-15-13-11-9-7-2/h9,11,15,17,21,23-24,46,51,53,66H,6-8,10,12-14,16,18-20,22,25-45,47-50,52,54-65H2,1-5H3/b11-9-,17-15-,24-23-,46-21-,53-51-. The summed E-state index contributed by atoms with van der Waals surface area (Å²) in [6, 6.07) is 0. The molecule has 10 heteroatoms. The van der Waals surface area contributed by atoms with Crippen molar-refractivity contribution in [2.45, 2.75) is 315 Å². The first-order chi connectivity index (χ1) is 38.0. The molecule has 2 unspecified atom stereocenters. The van der Waals surface area contributed by atoms with Crippen LogP contribution in [0, 0.1) is 0 Å². The Balaban J connectivity index is 3.88. The molecule has 9 nitrogen and oxygen atoms in total. The van der Waals surface area contributed by atoms with Crippen LogP contribution >= 0.6 is 7.82 Å². The molecule has 0 spiro atoms. The lowest BCUT2D eigenvalue weighted by Crippen LogP contribution is -2.37. The maximum atomic E-state index is 12.7. The minimum absolute atomic E-state index is 0.0395. The monoisotopic (exact) mass is 1120 g/mol. The highest BCUT2D eigenvalue weighted by Gasteiger charge is 2.22. The van der Waals surface area contributed by atoms with Gasteiger partial charge in [0, 0.05) is 12.8 Å². The van der Waals surface area contributed by atoms with E-state index in [0.29, 0.717) is 17.4 Å². The molecule has 0 aliphatic rings. The molecule has 0 saturated carbocycles. The van der Waals surface area contributed by atoms with Crippen LogP contribution in [0.2, 0.25) is 0 Å². The van der Waals surface area contributed by atoms with Gasteiger partial charge in [0.25, 0.3) is 7.82 Å². The Bertz CT molecular complexity index is 1500. The first-order valence-electron chi connectivity index (χ1n) is 33.0. The van der Waals surface area contributed by atoms with Crippen molar-refractivity contribution in [1.82, 2.24) is 0 Å². The lowest BCUT2D eigenvalue weighted by molar-refractivity contribution is -0.870. The van der Waals surface area contributed by atoms with E-state index in [1.165, 1.54) is 218 Å². The number of phosphoric ester groups is 1. The van der Waals surface area contributed by atoms with Gasteiger partial charge in [-0.25, -0.2) is 0 Å². The number of ether oxygens (including phenoxy) is 2. The molecule has 0 aromatic carbocycles. The lowest BCUT2D eigenvalue weighted by atomic mass is 10.0. The van der Waals surface area contributed by atoms with E-state index >= 15 is 0 Å². The molecule has 0 amide bonds. The fourth-order valence-electron chi connectivity index (χ4n) is 9.47. The molecule has 0 aliphatic carbocycles. The first kappa shape index (κ1) is 75.7. The molecule has 0 aromatic rings.